The minimum atomic E-state index is -0.250. The number of nitriles is 1. The molecule has 4 aromatic carbocycles. The molecule has 0 bridgehead atoms. The standard InChI is InChI=1S/C33H30IN3O3/c1-2-39-31-21-25(20-30(34)32(31)40-23-24-12-13-26-8-6-7-9-27(26)18-24)19-28(22-35)33(38)37-16-14-36(15-17-37)29-10-4-3-5-11-29/h3-13,18-21H,2,14-17,23H2,1H3/b28-19-. The van der Waals surface area contributed by atoms with Crippen LogP contribution >= 0.6 is 22.6 Å². The van der Waals surface area contributed by atoms with Gasteiger partial charge in [0.05, 0.1) is 10.2 Å². The molecule has 7 heteroatoms. The molecule has 0 aliphatic carbocycles. The molecule has 4 aromatic rings. The van der Waals surface area contributed by atoms with Crippen molar-refractivity contribution in [3.8, 4) is 17.6 Å². The molecule has 1 saturated heterocycles. The fourth-order valence-corrected chi connectivity index (χ4v) is 5.62. The van der Waals surface area contributed by atoms with Crippen LogP contribution in [-0.4, -0.2) is 43.6 Å². The van der Waals surface area contributed by atoms with Crippen LogP contribution in [0.4, 0.5) is 5.69 Å². The smallest absolute Gasteiger partial charge is 0.264 e. The summed E-state index contributed by atoms with van der Waals surface area (Å²) < 4.78 is 13.0. The van der Waals surface area contributed by atoms with Crippen LogP contribution in [0.15, 0.2) is 90.5 Å². The van der Waals surface area contributed by atoms with Gasteiger partial charge in [-0.1, -0.05) is 54.6 Å². The number of benzene rings is 4. The molecule has 1 aliphatic rings. The van der Waals surface area contributed by atoms with Crippen molar-refractivity contribution in [2.24, 2.45) is 0 Å². The van der Waals surface area contributed by atoms with Crippen LogP contribution in [0.2, 0.25) is 0 Å². The Morgan fingerprint density at radius 3 is 2.38 bits per heavy atom. The maximum atomic E-state index is 13.3. The van der Waals surface area contributed by atoms with Crippen LogP contribution in [-0.2, 0) is 11.4 Å². The first-order valence-corrected chi connectivity index (χ1v) is 14.4. The zero-order valence-electron chi connectivity index (χ0n) is 22.3. The number of hydrogen-bond acceptors (Lipinski definition) is 5. The van der Waals surface area contributed by atoms with Crippen molar-refractivity contribution in [1.82, 2.24) is 4.90 Å². The number of carbonyl (C=O) groups is 1. The predicted molar refractivity (Wildman–Crippen MR) is 167 cm³/mol. The number of halogens is 1. The van der Waals surface area contributed by atoms with E-state index in [-0.39, 0.29) is 11.5 Å². The molecule has 0 spiro atoms. The number of hydrogen-bond donors (Lipinski definition) is 0. The van der Waals surface area contributed by atoms with Crippen molar-refractivity contribution >= 4 is 51.0 Å². The molecule has 0 N–H and O–H groups in total. The van der Waals surface area contributed by atoms with E-state index in [0.717, 1.165) is 33.5 Å². The molecule has 1 fully saturated rings. The third-order valence-electron chi connectivity index (χ3n) is 6.88. The maximum Gasteiger partial charge on any atom is 0.264 e. The van der Waals surface area contributed by atoms with Gasteiger partial charge in [0.1, 0.15) is 18.2 Å². The average Bonchev–Trinajstić information content (AvgIpc) is 2.99. The van der Waals surface area contributed by atoms with Gasteiger partial charge < -0.3 is 19.3 Å². The summed E-state index contributed by atoms with van der Waals surface area (Å²) in [5.74, 6) is 0.983. The van der Waals surface area contributed by atoms with Crippen molar-refractivity contribution in [2.75, 3.05) is 37.7 Å². The largest absolute Gasteiger partial charge is 0.490 e. The first-order chi connectivity index (χ1) is 19.6. The molecule has 1 aliphatic heterocycles. The second-order valence-electron chi connectivity index (χ2n) is 9.52. The Labute approximate surface area is 248 Å². The third kappa shape index (κ3) is 6.40. The van der Waals surface area contributed by atoms with Gasteiger partial charge in [-0.05, 0) is 87.8 Å². The van der Waals surface area contributed by atoms with Gasteiger partial charge in [0, 0.05) is 31.9 Å². The maximum absolute atomic E-state index is 13.3. The van der Waals surface area contributed by atoms with Crippen LogP contribution < -0.4 is 14.4 Å². The summed E-state index contributed by atoms with van der Waals surface area (Å²) in [5, 5.41) is 12.2. The summed E-state index contributed by atoms with van der Waals surface area (Å²) in [5.41, 5.74) is 3.03. The number of carbonyl (C=O) groups excluding carboxylic acids is 1. The van der Waals surface area contributed by atoms with Crippen molar-refractivity contribution < 1.29 is 14.3 Å². The molecule has 0 unspecified atom stereocenters. The second kappa shape index (κ2) is 12.9. The highest BCUT2D eigenvalue weighted by atomic mass is 127. The van der Waals surface area contributed by atoms with E-state index in [2.05, 4.69) is 76.0 Å². The molecule has 1 heterocycles. The third-order valence-corrected chi connectivity index (χ3v) is 7.68. The van der Waals surface area contributed by atoms with Crippen molar-refractivity contribution in [2.45, 2.75) is 13.5 Å². The van der Waals surface area contributed by atoms with Gasteiger partial charge in [0.25, 0.3) is 5.91 Å². The highest BCUT2D eigenvalue weighted by molar-refractivity contribution is 14.1. The van der Waals surface area contributed by atoms with E-state index in [0.29, 0.717) is 37.8 Å². The van der Waals surface area contributed by atoms with Crippen molar-refractivity contribution in [3.05, 3.63) is 105 Å². The second-order valence-corrected chi connectivity index (χ2v) is 10.7. The molecular weight excluding hydrogens is 613 g/mol. The van der Waals surface area contributed by atoms with Gasteiger partial charge >= 0.3 is 0 Å². The number of fused-ring (bicyclic) bond motifs is 1. The number of para-hydroxylation sites is 1. The van der Waals surface area contributed by atoms with Crippen LogP contribution in [0.3, 0.4) is 0 Å². The van der Waals surface area contributed by atoms with Crippen LogP contribution in [0.5, 0.6) is 11.5 Å². The van der Waals surface area contributed by atoms with E-state index in [1.165, 1.54) is 10.8 Å². The van der Waals surface area contributed by atoms with Gasteiger partial charge in [-0.3, -0.25) is 4.79 Å². The van der Waals surface area contributed by atoms with Gasteiger partial charge in [0.2, 0.25) is 0 Å². The van der Waals surface area contributed by atoms with E-state index in [4.69, 9.17) is 9.47 Å². The van der Waals surface area contributed by atoms with Crippen molar-refractivity contribution in [3.63, 3.8) is 0 Å². The topological polar surface area (TPSA) is 65.8 Å². The van der Waals surface area contributed by atoms with Crippen molar-refractivity contribution in [1.29, 1.82) is 5.26 Å². The van der Waals surface area contributed by atoms with Gasteiger partial charge in [-0.15, -0.1) is 0 Å². The number of piperazine rings is 1. The Balaban J connectivity index is 1.30. The number of amides is 1. The number of rotatable bonds is 8. The lowest BCUT2D eigenvalue weighted by atomic mass is 10.1. The van der Waals surface area contributed by atoms with Gasteiger partial charge in [-0.2, -0.15) is 5.26 Å². The quantitative estimate of drug-likeness (QED) is 0.122. The van der Waals surface area contributed by atoms with E-state index < -0.39 is 0 Å². The molecular formula is C33H30IN3O3. The zero-order valence-corrected chi connectivity index (χ0v) is 24.5. The molecule has 0 radical (unpaired) electrons. The minimum absolute atomic E-state index is 0.108. The highest BCUT2D eigenvalue weighted by Gasteiger charge is 2.24. The summed E-state index contributed by atoms with van der Waals surface area (Å²) in [6, 6.07) is 30.6. The van der Waals surface area contributed by atoms with Crippen LogP contribution in [0.25, 0.3) is 16.8 Å². The van der Waals surface area contributed by atoms with Gasteiger partial charge in [0.15, 0.2) is 11.5 Å². The summed E-state index contributed by atoms with van der Waals surface area (Å²) in [6.45, 7) is 5.36. The molecule has 1 amide bonds. The Hall–Kier alpha value is -4.03. The number of ether oxygens (including phenoxy) is 2. The number of nitrogens with zero attached hydrogens (tertiary/aromatic N) is 3. The Morgan fingerprint density at radius 2 is 1.65 bits per heavy atom. The zero-order chi connectivity index (χ0) is 27.9. The van der Waals surface area contributed by atoms with E-state index >= 15 is 0 Å². The summed E-state index contributed by atoms with van der Waals surface area (Å²) in [7, 11) is 0. The van der Waals surface area contributed by atoms with Crippen LogP contribution in [0, 0.1) is 14.9 Å². The molecule has 6 nitrogen and oxygen atoms in total. The van der Waals surface area contributed by atoms with E-state index in [1.807, 2.05) is 49.4 Å². The Bertz CT molecular complexity index is 1570. The van der Waals surface area contributed by atoms with Gasteiger partial charge in [-0.25, -0.2) is 0 Å². The van der Waals surface area contributed by atoms with Crippen LogP contribution in [0.1, 0.15) is 18.1 Å². The normalized spacial score (nSPS) is 13.7. The molecule has 0 aromatic heterocycles. The molecule has 202 valence electrons. The summed E-state index contributed by atoms with van der Waals surface area (Å²) in [4.78, 5) is 17.3. The Kier molecular flexibility index (Phi) is 8.87. The first kappa shape index (κ1) is 27.5. The summed E-state index contributed by atoms with van der Waals surface area (Å²) in [6.07, 6.45) is 1.64. The molecule has 40 heavy (non-hydrogen) atoms. The predicted octanol–water partition coefficient (Wildman–Crippen LogP) is 6.68. The average molecular weight is 644 g/mol. The SMILES string of the molecule is CCOc1cc(/C=C(/C#N)C(=O)N2CCN(c3ccccc3)CC2)cc(I)c1OCc1ccc2ccccc2c1. The minimum Gasteiger partial charge on any atom is -0.490 e. The summed E-state index contributed by atoms with van der Waals surface area (Å²) >= 11 is 2.22. The molecule has 5 rings (SSSR count). The molecule has 0 atom stereocenters. The fraction of sp³-hybridized carbons (Fsp3) is 0.212. The lowest BCUT2D eigenvalue weighted by molar-refractivity contribution is -0.126. The monoisotopic (exact) mass is 643 g/mol. The number of anilines is 1. The first-order valence-electron chi connectivity index (χ1n) is 13.3. The van der Waals surface area contributed by atoms with E-state index in [9.17, 15) is 10.1 Å². The molecule has 0 saturated carbocycles. The highest BCUT2D eigenvalue weighted by Crippen LogP contribution is 2.36. The van der Waals surface area contributed by atoms with E-state index in [1.54, 1.807) is 11.0 Å². The fourth-order valence-electron chi connectivity index (χ4n) is 4.84. The lowest BCUT2D eigenvalue weighted by Gasteiger charge is -2.36. The lowest BCUT2D eigenvalue weighted by Crippen LogP contribution is -2.49. The Morgan fingerprint density at radius 1 is 0.925 bits per heavy atom.